The van der Waals surface area contributed by atoms with Crippen LogP contribution in [0.15, 0.2) is 47.2 Å². The molecule has 0 saturated carbocycles. The molecule has 1 aromatic heterocycles. The number of fused-ring (bicyclic) bond motifs is 1. The lowest BCUT2D eigenvalue weighted by Crippen LogP contribution is -1.94. The molecule has 0 aliphatic carbocycles. The summed E-state index contributed by atoms with van der Waals surface area (Å²) in [6.07, 6.45) is 4.08. The molecule has 0 amide bonds. The van der Waals surface area contributed by atoms with Crippen molar-refractivity contribution in [1.29, 1.82) is 0 Å². The van der Waals surface area contributed by atoms with Gasteiger partial charge in [0.15, 0.2) is 0 Å². The second-order valence-electron chi connectivity index (χ2n) is 3.02. The Hall–Kier alpha value is -1.55. The average molecular weight is 203 g/mol. The number of aromatic nitrogens is 3. The summed E-state index contributed by atoms with van der Waals surface area (Å²) in [5, 5.41) is 13.1. The third-order valence-electron chi connectivity index (χ3n) is 2.07. The Kier molecular flexibility index (Phi) is 1.67. The summed E-state index contributed by atoms with van der Waals surface area (Å²) in [6, 6.07) is 7.93. The van der Waals surface area contributed by atoms with Crippen LogP contribution in [0.1, 0.15) is 0 Å². The highest BCUT2D eigenvalue weighted by Crippen LogP contribution is 2.33. The number of rotatable bonds is 1. The predicted octanol–water partition coefficient (Wildman–Crippen LogP) is 2.24. The molecule has 0 fully saturated rings. The van der Waals surface area contributed by atoms with E-state index >= 15 is 0 Å². The fourth-order valence-electron chi connectivity index (χ4n) is 1.40. The van der Waals surface area contributed by atoms with E-state index in [-0.39, 0.29) is 0 Å². The first-order chi connectivity index (χ1) is 6.93. The third-order valence-corrected chi connectivity index (χ3v) is 3.62. The predicted molar refractivity (Wildman–Crippen MR) is 60.2 cm³/mol. The van der Waals surface area contributed by atoms with Crippen molar-refractivity contribution in [2.45, 2.75) is 0 Å². The number of nitrogens with zero attached hydrogens (tertiary/aromatic N) is 3. The van der Waals surface area contributed by atoms with Gasteiger partial charge in [0.2, 0.25) is 0 Å². The highest BCUT2D eigenvalue weighted by atomic mass is 32.2. The number of allylic oxidation sites excluding steroid dienone is 2. The van der Waals surface area contributed by atoms with Crippen molar-refractivity contribution < 1.29 is 0 Å². The van der Waals surface area contributed by atoms with Gasteiger partial charge in [-0.25, -0.2) is 0 Å². The van der Waals surface area contributed by atoms with Crippen LogP contribution in [0.5, 0.6) is 0 Å². The Morgan fingerprint density at radius 1 is 0.929 bits per heavy atom. The monoisotopic (exact) mass is 203 g/mol. The maximum Gasteiger partial charge on any atom is 0.114 e. The van der Waals surface area contributed by atoms with Crippen LogP contribution < -0.4 is 0 Å². The van der Waals surface area contributed by atoms with Gasteiger partial charge in [0.1, 0.15) is 11.0 Å². The zero-order valence-electron chi connectivity index (χ0n) is 7.41. The molecule has 4 heteroatoms. The Morgan fingerprint density at radius 3 is 2.07 bits per heavy atom. The molecule has 0 atom stereocenters. The number of thiol groups is 1. The summed E-state index contributed by atoms with van der Waals surface area (Å²) in [6.45, 7) is 0. The Balaban J connectivity index is 2.14. The molecule has 0 bridgehead atoms. The van der Waals surface area contributed by atoms with Crippen molar-refractivity contribution >= 4 is 22.1 Å². The molecule has 1 aromatic carbocycles. The van der Waals surface area contributed by atoms with E-state index in [4.69, 9.17) is 0 Å². The quantitative estimate of drug-likeness (QED) is 0.720. The van der Waals surface area contributed by atoms with Gasteiger partial charge in [-0.2, -0.15) is 0 Å². The van der Waals surface area contributed by atoms with Gasteiger partial charge >= 0.3 is 0 Å². The van der Waals surface area contributed by atoms with Crippen LogP contribution in [0.4, 0.5) is 0 Å². The van der Waals surface area contributed by atoms with Crippen molar-refractivity contribution in [3.05, 3.63) is 47.2 Å². The van der Waals surface area contributed by atoms with Crippen LogP contribution in [0, 0.1) is 0 Å². The van der Waals surface area contributed by atoms with Crippen LogP contribution >= 0.6 is 11.1 Å². The maximum atomic E-state index is 4.43. The van der Waals surface area contributed by atoms with E-state index in [0.717, 1.165) is 11.0 Å². The smallest absolute Gasteiger partial charge is 0.114 e. The second-order valence-corrected chi connectivity index (χ2v) is 4.73. The minimum atomic E-state index is -0.454. The van der Waals surface area contributed by atoms with Gasteiger partial charge < -0.3 is 0 Å². The first-order valence-corrected chi connectivity index (χ1v) is 5.82. The second kappa shape index (κ2) is 2.99. The molecular formula is C10H9N3S. The molecule has 0 radical (unpaired) electrons. The van der Waals surface area contributed by atoms with Crippen LogP contribution in [0.25, 0.3) is 11.0 Å². The van der Waals surface area contributed by atoms with E-state index in [0.29, 0.717) is 0 Å². The lowest BCUT2D eigenvalue weighted by atomic mass is 10.3. The molecule has 2 aromatic rings. The maximum absolute atomic E-state index is 4.43. The summed E-state index contributed by atoms with van der Waals surface area (Å²) in [7, 11) is 0. The van der Waals surface area contributed by atoms with Crippen molar-refractivity contribution in [3.8, 4) is 0 Å². The Bertz CT molecular complexity index is 482. The molecule has 3 rings (SSSR count). The largest absolute Gasteiger partial charge is 0.143 e. The van der Waals surface area contributed by atoms with Gasteiger partial charge in [-0.05, 0) is 22.9 Å². The van der Waals surface area contributed by atoms with Crippen LogP contribution in [0.2, 0.25) is 0 Å². The van der Waals surface area contributed by atoms with E-state index in [1.165, 1.54) is 0 Å². The normalized spacial score (nSPS) is 17.0. The van der Waals surface area contributed by atoms with Gasteiger partial charge in [0, 0.05) is 0 Å². The van der Waals surface area contributed by atoms with E-state index in [1.807, 2.05) is 36.4 Å². The van der Waals surface area contributed by atoms with Crippen LogP contribution in [-0.2, 0) is 0 Å². The van der Waals surface area contributed by atoms with E-state index in [2.05, 4.69) is 21.0 Å². The molecule has 1 aliphatic rings. The van der Waals surface area contributed by atoms with E-state index in [9.17, 15) is 0 Å². The average Bonchev–Trinajstić information content (AvgIpc) is 2.86. The number of hydrogen-bond acceptors (Lipinski definition) is 2. The fourth-order valence-corrected chi connectivity index (χ4v) is 2.68. The lowest BCUT2D eigenvalue weighted by molar-refractivity contribution is 0.880. The van der Waals surface area contributed by atoms with Crippen molar-refractivity contribution in [3.63, 3.8) is 0 Å². The van der Waals surface area contributed by atoms with Gasteiger partial charge in [-0.3, -0.25) is 0 Å². The summed E-state index contributed by atoms with van der Waals surface area (Å²) in [5.41, 5.74) is 1.92. The minimum Gasteiger partial charge on any atom is -0.143 e. The standard InChI is InChI=1S/C10H9N3S/c1-2-6-10-9(5-1)11-13(12-10)14-7-3-4-8-14/h1-8,14H. The molecule has 3 nitrogen and oxygen atoms in total. The molecule has 1 aliphatic heterocycles. The summed E-state index contributed by atoms with van der Waals surface area (Å²) >= 11 is -0.454. The van der Waals surface area contributed by atoms with E-state index < -0.39 is 11.1 Å². The molecular weight excluding hydrogens is 194 g/mol. The Morgan fingerprint density at radius 2 is 1.50 bits per heavy atom. The van der Waals surface area contributed by atoms with Crippen LogP contribution in [0.3, 0.4) is 0 Å². The zero-order chi connectivity index (χ0) is 9.38. The molecule has 0 saturated heterocycles. The topological polar surface area (TPSA) is 30.7 Å². The highest BCUT2D eigenvalue weighted by Gasteiger charge is 2.06. The fraction of sp³-hybridized carbons (Fsp3) is 0. The van der Waals surface area contributed by atoms with Gasteiger partial charge in [0.25, 0.3) is 0 Å². The summed E-state index contributed by atoms with van der Waals surface area (Å²) in [5.74, 6) is 0. The number of hydrogen-bond donors (Lipinski definition) is 1. The third kappa shape index (κ3) is 1.15. The molecule has 2 heterocycles. The Labute approximate surface area is 84.2 Å². The van der Waals surface area contributed by atoms with E-state index in [1.54, 1.807) is 4.20 Å². The molecule has 0 N–H and O–H groups in total. The lowest BCUT2D eigenvalue weighted by Gasteiger charge is -2.06. The van der Waals surface area contributed by atoms with Gasteiger partial charge in [-0.1, -0.05) is 35.4 Å². The zero-order valence-corrected chi connectivity index (χ0v) is 8.30. The highest BCUT2D eigenvalue weighted by molar-refractivity contribution is 8.20. The van der Waals surface area contributed by atoms with Crippen LogP contribution in [-0.4, -0.2) is 14.4 Å². The van der Waals surface area contributed by atoms with Gasteiger partial charge in [-0.15, -0.1) is 14.4 Å². The molecule has 70 valence electrons. The molecule has 0 unspecified atom stereocenters. The summed E-state index contributed by atoms with van der Waals surface area (Å²) < 4.78 is 1.81. The van der Waals surface area contributed by atoms with Gasteiger partial charge in [0.05, 0.1) is 0 Å². The minimum absolute atomic E-state index is 0.454. The van der Waals surface area contributed by atoms with Crippen molar-refractivity contribution in [2.75, 3.05) is 0 Å². The van der Waals surface area contributed by atoms with Crippen molar-refractivity contribution in [1.82, 2.24) is 14.4 Å². The first-order valence-electron chi connectivity index (χ1n) is 4.39. The first kappa shape index (κ1) is 7.82. The summed E-state index contributed by atoms with van der Waals surface area (Å²) in [4.78, 5) is 0. The number of benzene rings is 1. The SMILES string of the molecule is C1=C[SH](n2nc3ccccc3n2)C=C1. The molecule has 0 spiro atoms. The molecule has 14 heavy (non-hydrogen) atoms. The van der Waals surface area contributed by atoms with Crippen molar-refractivity contribution in [2.24, 2.45) is 0 Å².